The third kappa shape index (κ3) is 7.62. The third-order valence-corrected chi connectivity index (χ3v) is 2.42. The first-order valence-corrected chi connectivity index (χ1v) is 5.74. The number of nitrogens with zero attached hydrogens (tertiary/aromatic N) is 1. The minimum atomic E-state index is -0.297. The quantitative estimate of drug-likeness (QED) is 0.577. The second-order valence-corrected chi connectivity index (χ2v) is 4.26. The SMILES string of the molecule is CNC(CCN(C)CCOC(C)C)C(N)=O. The van der Waals surface area contributed by atoms with Crippen LogP contribution in [0.4, 0.5) is 0 Å². The molecular weight excluding hydrogens is 206 g/mol. The van der Waals surface area contributed by atoms with Gasteiger partial charge in [0.25, 0.3) is 0 Å². The number of nitrogens with two attached hydrogens (primary N) is 1. The molecule has 0 spiro atoms. The van der Waals surface area contributed by atoms with Gasteiger partial charge in [-0.3, -0.25) is 4.79 Å². The number of primary amides is 1. The summed E-state index contributed by atoms with van der Waals surface area (Å²) in [5.74, 6) is -0.297. The van der Waals surface area contributed by atoms with Crippen molar-refractivity contribution in [3.05, 3.63) is 0 Å². The van der Waals surface area contributed by atoms with Gasteiger partial charge in [0, 0.05) is 6.54 Å². The van der Waals surface area contributed by atoms with Crippen LogP contribution in [0.1, 0.15) is 20.3 Å². The molecule has 0 fully saturated rings. The lowest BCUT2D eigenvalue weighted by molar-refractivity contribution is -0.120. The molecule has 5 nitrogen and oxygen atoms in total. The minimum absolute atomic E-state index is 0.242. The molecule has 0 radical (unpaired) electrons. The monoisotopic (exact) mass is 231 g/mol. The predicted molar refractivity (Wildman–Crippen MR) is 65.2 cm³/mol. The summed E-state index contributed by atoms with van der Waals surface area (Å²) >= 11 is 0. The van der Waals surface area contributed by atoms with Gasteiger partial charge < -0.3 is 20.7 Å². The lowest BCUT2D eigenvalue weighted by atomic mass is 10.2. The van der Waals surface area contributed by atoms with Crippen molar-refractivity contribution in [1.29, 1.82) is 0 Å². The predicted octanol–water partition coefficient (Wildman–Crippen LogP) is -0.193. The average molecular weight is 231 g/mol. The summed E-state index contributed by atoms with van der Waals surface area (Å²) in [4.78, 5) is 13.1. The first kappa shape index (κ1) is 15.3. The number of carbonyl (C=O) groups is 1. The molecule has 0 bridgehead atoms. The zero-order valence-corrected chi connectivity index (χ0v) is 10.8. The van der Waals surface area contributed by atoms with Crippen LogP contribution >= 0.6 is 0 Å². The summed E-state index contributed by atoms with van der Waals surface area (Å²) in [5.41, 5.74) is 5.23. The zero-order valence-electron chi connectivity index (χ0n) is 10.8. The lowest BCUT2D eigenvalue weighted by Gasteiger charge is -2.20. The van der Waals surface area contributed by atoms with Crippen LogP contribution in [-0.2, 0) is 9.53 Å². The highest BCUT2D eigenvalue weighted by Crippen LogP contribution is 1.95. The van der Waals surface area contributed by atoms with Crippen LogP contribution in [0.15, 0.2) is 0 Å². The van der Waals surface area contributed by atoms with Crippen LogP contribution in [0.2, 0.25) is 0 Å². The largest absolute Gasteiger partial charge is 0.377 e. The van der Waals surface area contributed by atoms with Gasteiger partial charge in [0.05, 0.1) is 18.8 Å². The molecule has 0 saturated carbocycles. The summed E-state index contributed by atoms with van der Waals surface area (Å²) < 4.78 is 5.44. The molecule has 0 saturated heterocycles. The minimum Gasteiger partial charge on any atom is -0.377 e. The van der Waals surface area contributed by atoms with E-state index >= 15 is 0 Å². The molecule has 1 unspecified atom stereocenters. The van der Waals surface area contributed by atoms with Gasteiger partial charge in [0.1, 0.15) is 0 Å². The molecule has 0 aliphatic rings. The molecule has 0 aromatic rings. The van der Waals surface area contributed by atoms with E-state index in [-0.39, 0.29) is 18.1 Å². The van der Waals surface area contributed by atoms with Crippen LogP contribution in [0.3, 0.4) is 0 Å². The van der Waals surface area contributed by atoms with Crippen molar-refractivity contribution in [2.24, 2.45) is 5.73 Å². The van der Waals surface area contributed by atoms with Gasteiger partial charge in [-0.1, -0.05) is 0 Å². The highest BCUT2D eigenvalue weighted by molar-refractivity contribution is 5.79. The molecule has 96 valence electrons. The number of carbonyl (C=O) groups excluding carboxylic acids is 1. The number of rotatable bonds is 9. The van der Waals surface area contributed by atoms with E-state index in [2.05, 4.69) is 10.2 Å². The summed E-state index contributed by atoms with van der Waals surface area (Å²) in [7, 11) is 3.76. The maximum absolute atomic E-state index is 11.0. The Bertz CT molecular complexity index is 198. The van der Waals surface area contributed by atoms with Crippen molar-refractivity contribution in [3.8, 4) is 0 Å². The van der Waals surface area contributed by atoms with E-state index in [1.54, 1.807) is 7.05 Å². The van der Waals surface area contributed by atoms with Crippen LogP contribution in [-0.4, -0.2) is 56.7 Å². The lowest BCUT2D eigenvalue weighted by Crippen LogP contribution is -2.41. The first-order chi connectivity index (χ1) is 7.47. The molecule has 0 aromatic carbocycles. The van der Waals surface area contributed by atoms with E-state index in [0.717, 1.165) is 26.1 Å². The molecule has 1 atom stereocenters. The number of nitrogens with one attached hydrogen (secondary N) is 1. The summed E-state index contributed by atoms with van der Waals surface area (Å²) in [6.45, 7) is 6.45. The molecular formula is C11H25N3O2. The summed E-state index contributed by atoms with van der Waals surface area (Å²) in [6, 6.07) is -0.242. The van der Waals surface area contributed by atoms with Crippen molar-refractivity contribution in [1.82, 2.24) is 10.2 Å². The molecule has 16 heavy (non-hydrogen) atoms. The summed E-state index contributed by atoms with van der Waals surface area (Å²) in [5, 5.41) is 2.90. The van der Waals surface area contributed by atoms with E-state index in [1.807, 2.05) is 20.9 Å². The molecule has 0 aliphatic carbocycles. The average Bonchev–Trinajstić information content (AvgIpc) is 2.17. The van der Waals surface area contributed by atoms with E-state index in [1.165, 1.54) is 0 Å². The standard InChI is InChI=1S/C11H25N3O2/c1-9(2)16-8-7-14(4)6-5-10(13-3)11(12)15/h9-10,13H,5-8H2,1-4H3,(H2,12,15). The van der Waals surface area contributed by atoms with Crippen molar-refractivity contribution in [2.45, 2.75) is 32.4 Å². The highest BCUT2D eigenvalue weighted by Gasteiger charge is 2.12. The Morgan fingerprint density at radius 1 is 1.44 bits per heavy atom. The fourth-order valence-electron chi connectivity index (χ4n) is 1.33. The van der Waals surface area contributed by atoms with Gasteiger partial charge in [-0.25, -0.2) is 0 Å². The van der Waals surface area contributed by atoms with E-state index in [0.29, 0.717) is 0 Å². The smallest absolute Gasteiger partial charge is 0.234 e. The Balaban J connectivity index is 3.63. The van der Waals surface area contributed by atoms with Crippen molar-refractivity contribution in [2.75, 3.05) is 33.8 Å². The maximum atomic E-state index is 11.0. The van der Waals surface area contributed by atoms with Gasteiger partial charge in [-0.15, -0.1) is 0 Å². The van der Waals surface area contributed by atoms with Gasteiger partial charge >= 0.3 is 0 Å². The van der Waals surface area contributed by atoms with Crippen molar-refractivity contribution < 1.29 is 9.53 Å². The fraction of sp³-hybridized carbons (Fsp3) is 0.909. The number of amides is 1. The highest BCUT2D eigenvalue weighted by atomic mass is 16.5. The molecule has 0 aromatic heterocycles. The molecule has 0 heterocycles. The van der Waals surface area contributed by atoms with Crippen LogP contribution in [0.5, 0.6) is 0 Å². The maximum Gasteiger partial charge on any atom is 0.234 e. The van der Waals surface area contributed by atoms with Gasteiger partial charge in [0.15, 0.2) is 0 Å². The first-order valence-electron chi connectivity index (χ1n) is 5.74. The van der Waals surface area contributed by atoms with Crippen LogP contribution < -0.4 is 11.1 Å². The number of hydrogen-bond acceptors (Lipinski definition) is 4. The molecule has 0 rings (SSSR count). The Morgan fingerprint density at radius 3 is 2.50 bits per heavy atom. The molecule has 3 N–H and O–H groups in total. The van der Waals surface area contributed by atoms with E-state index in [4.69, 9.17) is 10.5 Å². The molecule has 0 aliphatic heterocycles. The topological polar surface area (TPSA) is 67.6 Å². The van der Waals surface area contributed by atoms with E-state index in [9.17, 15) is 4.79 Å². The normalized spacial score (nSPS) is 13.4. The van der Waals surface area contributed by atoms with Gasteiger partial charge in [-0.2, -0.15) is 0 Å². The van der Waals surface area contributed by atoms with Crippen molar-refractivity contribution >= 4 is 5.91 Å². The van der Waals surface area contributed by atoms with Crippen LogP contribution in [0, 0.1) is 0 Å². The van der Waals surface area contributed by atoms with Crippen LogP contribution in [0.25, 0.3) is 0 Å². The fourth-order valence-corrected chi connectivity index (χ4v) is 1.33. The van der Waals surface area contributed by atoms with Gasteiger partial charge in [-0.05, 0) is 40.9 Å². The van der Waals surface area contributed by atoms with E-state index < -0.39 is 0 Å². The third-order valence-electron chi connectivity index (χ3n) is 2.42. The Kier molecular flexibility index (Phi) is 8.15. The van der Waals surface area contributed by atoms with Gasteiger partial charge in [0.2, 0.25) is 5.91 Å². The van der Waals surface area contributed by atoms with Crippen molar-refractivity contribution in [3.63, 3.8) is 0 Å². The number of hydrogen-bond donors (Lipinski definition) is 2. The Hall–Kier alpha value is -0.650. The number of ether oxygens (including phenoxy) is 1. The molecule has 5 heteroatoms. The second-order valence-electron chi connectivity index (χ2n) is 4.26. The molecule has 1 amide bonds. The second kappa shape index (κ2) is 8.50. The zero-order chi connectivity index (χ0) is 12.6. The summed E-state index contributed by atoms with van der Waals surface area (Å²) in [6.07, 6.45) is 0.994. The Labute approximate surface area is 98.3 Å². The number of likely N-dealkylation sites (N-methyl/N-ethyl adjacent to an activating group) is 2. The Morgan fingerprint density at radius 2 is 2.06 bits per heavy atom.